The van der Waals surface area contributed by atoms with Crippen LogP contribution < -0.4 is 5.56 Å². The molecule has 0 bridgehead atoms. The fourth-order valence-electron chi connectivity index (χ4n) is 2.88. The van der Waals surface area contributed by atoms with Crippen molar-refractivity contribution in [2.24, 2.45) is 0 Å². The molecule has 0 spiro atoms. The molecule has 1 amide bonds. The average Bonchev–Trinajstić information content (AvgIpc) is 2.87. The Labute approximate surface area is 135 Å². The van der Waals surface area contributed by atoms with E-state index in [4.69, 9.17) is 0 Å². The van der Waals surface area contributed by atoms with Crippen molar-refractivity contribution in [1.82, 2.24) is 14.5 Å². The minimum atomic E-state index is -0.193. The highest BCUT2D eigenvalue weighted by Gasteiger charge is 2.16. The average molecular weight is 311 g/mol. The Morgan fingerprint density at radius 1 is 1.04 bits per heavy atom. The van der Waals surface area contributed by atoms with Gasteiger partial charge in [0.05, 0.1) is 12.0 Å². The highest BCUT2D eigenvalue weighted by Crippen LogP contribution is 2.13. The number of hydrogen-bond acceptors (Lipinski definition) is 3. The van der Waals surface area contributed by atoms with Gasteiger partial charge in [-0.15, -0.1) is 0 Å². The summed E-state index contributed by atoms with van der Waals surface area (Å²) >= 11 is 0. The van der Waals surface area contributed by atoms with Gasteiger partial charge in [0, 0.05) is 24.7 Å². The monoisotopic (exact) mass is 311 g/mol. The SMILES string of the molecule is O=C(Cn1cnc(-c2ccccc2)cc1=O)N1CCCCCC1. The van der Waals surface area contributed by atoms with Crippen LogP contribution in [0.25, 0.3) is 11.3 Å². The predicted octanol–water partition coefficient (Wildman–Crippen LogP) is 2.31. The highest BCUT2D eigenvalue weighted by molar-refractivity contribution is 5.76. The van der Waals surface area contributed by atoms with E-state index in [2.05, 4.69) is 4.98 Å². The molecule has 1 aliphatic rings. The lowest BCUT2D eigenvalue weighted by Gasteiger charge is -2.20. The first-order chi connectivity index (χ1) is 11.2. The molecule has 0 aliphatic carbocycles. The van der Waals surface area contributed by atoms with E-state index < -0.39 is 0 Å². The number of amides is 1. The third kappa shape index (κ3) is 3.86. The number of benzene rings is 1. The number of rotatable bonds is 3. The van der Waals surface area contributed by atoms with Crippen molar-refractivity contribution < 1.29 is 4.79 Å². The summed E-state index contributed by atoms with van der Waals surface area (Å²) in [7, 11) is 0. The van der Waals surface area contributed by atoms with Crippen molar-refractivity contribution in [3.05, 3.63) is 53.1 Å². The third-order valence-electron chi connectivity index (χ3n) is 4.21. The van der Waals surface area contributed by atoms with Crippen molar-refractivity contribution in [1.29, 1.82) is 0 Å². The first-order valence-corrected chi connectivity index (χ1v) is 8.14. The van der Waals surface area contributed by atoms with E-state index in [-0.39, 0.29) is 18.0 Å². The molecule has 0 unspecified atom stereocenters. The molecule has 23 heavy (non-hydrogen) atoms. The van der Waals surface area contributed by atoms with Gasteiger partial charge in [-0.2, -0.15) is 0 Å². The highest BCUT2D eigenvalue weighted by atomic mass is 16.2. The second-order valence-corrected chi connectivity index (χ2v) is 5.90. The Hall–Kier alpha value is -2.43. The lowest BCUT2D eigenvalue weighted by atomic mass is 10.1. The van der Waals surface area contributed by atoms with Crippen molar-refractivity contribution in [3.8, 4) is 11.3 Å². The van der Waals surface area contributed by atoms with Gasteiger partial charge in [0.2, 0.25) is 5.91 Å². The standard InChI is InChI=1S/C18H21N3O2/c22-17-12-16(15-8-4-3-5-9-15)19-14-21(17)13-18(23)20-10-6-1-2-7-11-20/h3-5,8-9,12,14H,1-2,6-7,10-11,13H2. The summed E-state index contributed by atoms with van der Waals surface area (Å²) in [6.45, 7) is 1.66. The minimum absolute atomic E-state index is 0.00302. The molecule has 3 rings (SSSR count). The molecule has 0 radical (unpaired) electrons. The van der Waals surface area contributed by atoms with Gasteiger partial charge in [-0.25, -0.2) is 4.98 Å². The van der Waals surface area contributed by atoms with Crippen LogP contribution in [0.1, 0.15) is 25.7 Å². The molecule has 0 atom stereocenters. The Morgan fingerprint density at radius 2 is 1.74 bits per heavy atom. The summed E-state index contributed by atoms with van der Waals surface area (Å²) in [5.74, 6) is 0.00302. The molecule has 5 nitrogen and oxygen atoms in total. The van der Waals surface area contributed by atoms with Gasteiger partial charge in [-0.05, 0) is 12.8 Å². The van der Waals surface area contributed by atoms with Gasteiger partial charge in [-0.1, -0.05) is 43.2 Å². The van der Waals surface area contributed by atoms with E-state index in [1.54, 1.807) is 0 Å². The molecule has 1 aromatic heterocycles. The number of hydrogen-bond donors (Lipinski definition) is 0. The van der Waals surface area contributed by atoms with Gasteiger partial charge < -0.3 is 4.90 Å². The van der Waals surface area contributed by atoms with Crippen molar-refractivity contribution in [2.45, 2.75) is 32.2 Å². The lowest BCUT2D eigenvalue weighted by molar-refractivity contribution is -0.131. The van der Waals surface area contributed by atoms with Gasteiger partial charge >= 0.3 is 0 Å². The van der Waals surface area contributed by atoms with Crippen LogP contribution in [-0.2, 0) is 11.3 Å². The van der Waals surface area contributed by atoms with Crippen LogP contribution in [0.15, 0.2) is 47.5 Å². The summed E-state index contributed by atoms with van der Waals surface area (Å²) in [5, 5.41) is 0. The maximum atomic E-state index is 12.4. The van der Waals surface area contributed by atoms with E-state index in [9.17, 15) is 9.59 Å². The largest absolute Gasteiger partial charge is 0.341 e. The van der Waals surface area contributed by atoms with E-state index >= 15 is 0 Å². The van der Waals surface area contributed by atoms with Gasteiger partial charge in [0.1, 0.15) is 6.54 Å². The first-order valence-electron chi connectivity index (χ1n) is 8.14. The zero-order valence-electron chi connectivity index (χ0n) is 13.1. The zero-order chi connectivity index (χ0) is 16.1. The zero-order valence-corrected chi connectivity index (χ0v) is 13.1. The molecule has 0 N–H and O–H groups in total. The molecule has 120 valence electrons. The first kappa shape index (κ1) is 15.5. The molecule has 1 fully saturated rings. The third-order valence-corrected chi connectivity index (χ3v) is 4.21. The molecule has 1 aromatic carbocycles. The van der Waals surface area contributed by atoms with Crippen LogP contribution in [0.3, 0.4) is 0 Å². The van der Waals surface area contributed by atoms with Crippen LogP contribution in [0.4, 0.5) is 0 Å². The topological polar surface area (TPSA) is 55.2 Å². The molecule has 5 heteroatoms. The summed E-state index contributed by atoms with van der Waals surface area (Å²) in [6, 6.07) is 11.1. The van der Waals surface area contributed by atoms with Crippen LogP contribution in [0.5, 0.6) is 0 Å². The molecule has 1 saturated heterocycles. The Bertz CT molecular complexity index is 717. The smallest absolute Gasteiger partial charge is 0.254 e. The van der Waals surface area contributed by atoms with Crippen molar-refractivity contribution in [3.63, 3.8) is 0 Å². The normalized spacial score (nSPS) is 15.2. The minimum Gasteiger partial charge on any atom is -0.341 e. The van der Waals surface area contributed by atoms with E-state index in [1.165, 1.54) is 29.8 Å². The number of nitrogens with zero attached hydrogens (tertiary/aromatic N) is 3. The fraction of sp³-hybridized carbons (Fsp3) is 0.389. The maximum Gasteiger partial charge on any atom is 0.254 e. The molecule has 1 aliphatic heterocycles. The van der Waals surface area contributed by atoms with Gasteiger partial charge in [-0.3, -0.25) is 14.2 Å². The van der Waals surface area contributed by atoms with Crippen molar-refractivity contribution >= 4 is 5.91 Å². The fourth-order valence-corrected chi connectivity index (χ4v) is 2.88. The number of likely N-dealkylation sites (tertiary alicyclic amines) is 1. The van der Waals surface area contributed by atoms with E-state index in [1.807, 2.05) is 35.2 Å². The number of aromatic nitrogens is 2. The number of carbonyl (C=O) groups is 1. The summed E-state index contributed by atoms with van der Waals surface area (Å²) < 4.78 is 1.39. The second kappa shape index (κ2) is 7.22. The summed E-state index contributed by atoms with van der Waals surface area (Å²) in [4.78, 5) is 30.8. The van der Waals surface area contributed by atoms with E-state index in [0.717, 1.165) is 31.5 Å². The molecule has 2 heterocycles. The second-order valence-electron chi connectivity index (χ2n) is 5.90. The van der Waals surface area contributed by atoms with Gasteiger partial charge in [0.25, 0.3) is 5.56 Å². The summed E-state index contributed by atoms with van der Waals surface area (Å²) in [6.07, 6.45) is 5.92. The van der Waals surface area contributed by atoms with Crippen LogP contribution in [0, 0.1) is 0 Å². The number of carbonyl (C=O) groups excluding carboxylic acids is 1. The Kier molecular flexibility index (Phi) is 4.86. The Morgan fingerprint density at radius 3 is 2.39 bits per heavy atom. The molecular weight excluding hydrogens is 290 g/mol. The van der Waals surface area contributed by atoms with Gasteiger partial charge in [0.15, 0.2) is 0 Å². The van der Waals surface area contributed by atoms with Crippen molar-refractivity contribution in [2.75, 3.05) is 13.1 Å². The quantitative estimate of drug-likeness (QED) is 0.874. The maximum absolute atomic E-state index is 12.4. The summed E-state index contributed by atoms with van der Waals surface area (Å²) in [5.41, 5.74) is 1.34. The molecule has 2 aromatic rings. The van der Waals surface area contributed by atoms with E-state index in [0.29, 0.717) is 5.69 Å². The van der Waals surface area contributed by atoms with Crippen LogP contribution >= 0.6 is 0 Å². The Balaban J connectivity index is 1.73. The van der Waals surface area contributed by atoms with Crippen LogP contribution in [-0.4, -0.2) is 33.4 Å². The predicted molar refractivity (Wildman–Crippen MR) is 89.0 cm³/mol. The lowest BCUT2D eigenvalue weighted by Crippen LogP contribution is -2.37. The van der Waals surface area contributed by atoms with Crippen LogP contribution in [0.2, 0.25) is 0 Å². The molecule has 0 saturated carbocycles. The molecular formula is C18H21N3O2.